The molecule has 0 radical (unpaired) electrons. The molecule has 0 unspecified atom stereocenters. The molecule has 4 rings (SSSR count). The minimum absolute atomic E-state index is 0.464. The van der Waals surface area contributed by atoms with Crippen LogP contribution in [0.5, 0.6) is 0 Å². The first-order chi connectivity index (χ1) is 10.6. The topological polar surface area (TPSA) is 63.8 Å². The summed E-state index contributed by atoms with van der Waals surface area (Å²) in [6, 6.07) is 0.464. The van der Waals surface area contributed by atoms with Gasteiger partial charge in [0.1, 0.15) is 11.8 Å². The van der Waals surface area contributed by atoms with Crippen LogP contribution < -0.4 is 5.32 Å². The van der Waals surface area contributed by atoms with Crippen molar-refractivity contribution < 1.29 is 4.42 Å². The van der Waals surface area contributed by atoms with Crippen LogP contribution in [0, 0.1) is 13.8 Å². The molecule has 114 valence electrons. The van der Waals surface area contributed by atoms with Crippen molar-refractivity contribution in [3.63, 3.8) is 0 Å². The summed E-state index contributed by atoms with van der Waals surface area (Å²) in [4.78, 5) is 13.2. The van der Waals surface area contributed by atoms with E-state index in [4.69, 9.17) is 16.0 Å². The van der Waals surface area contributed by atoms with Gasteiger partial charge in [-0.25, -0.2) is 15.0 Å². The minimum atomic E-state index is 0.464. The number of anilines is 1. The molecule has 0 bridgehead atoms. The van der Waals surface area contributed by atoms with E-state index < -0.39 is 0 Å². The molecular formula is C16H17ClN4O. The number of nitrogens with one attached hydrogen (secondary N) is 1. The smallest absolute Gasteiger partial charge is 0.229 e. The second-order valence-corrected chi connectivity index (χ2v) is 6.32. The molecule has 0 amide bonds. The van der Waals surface area contributed by atoms with Gasteiger partial charge in [0.2, 0.25) is 5.71 Å². The largest absolute Gasteiger partial charge is 0.432 e. The lowest BCUT2D eigenvalue weighted by Gasteiger charge is -2.11. The highest BCUT2D eigenvalue weighted by Gasteiger charge is 2.21. The van der Waals surface area contributed by atoms with E-state index in [9.17, 15) is 0 Å². The van der Waals surface area contributed by atoms with E-state index in [0.29, 0.717) is 22.4 Å². The van der Waals surface area contributed by atoms with E-state index >= 15 is 0 Å². The molecule has 0 atom stereocenters. The first-order valence-corrected chi connectivity index (χ1v) is 7.99. The molecule has 6 heteroatoms. The summed E-state index contributed by atoms with van der Waals surface area (Å²) in [6.07, 6.45) is 6.45. The number of rotatable bonds is 2. The van der Waals surface area contributed by atoms with Crippen LogP contribution in [0.2, 0.25) is 5.02 Å². The lowest BCUT2D eigenvalue weighted by Crippen LogP contribution is -2.15. The van der Waals surface area contributed by atoms with Crippen molar-refractivity contribution in [2.24, 2.45) is 0 Å². The Morgan fingerprint density at radius 3 is 2.77 bits per heavy atom. The van der Waals surface area contributed by atoms with Gasteiger partial charge in [0, 0.05) is 6.04 Å². The summed E-state index contributed by atoms with van der Waals surface area (Å²) in [5.41, 5.74) is 3.74. The summed E-state index contributed by atoms with van der Waals surface area (Å²) in [6.45, 7) is 3.85. The van der Waals surface area contributed by atoms with Crippen molar-refractivity contribution in [1.82, 2.24) is 15.0 Å². The molecule has 3 aromatic rings. The van der Waals surface area contributed by atoms with Gasteiger partial charge >= 0.3 is 0 Å². The highest BCUT2D eigenvalue weighted by molar-refractivity contribution is 6.33. The van der Waals surface area contributed by atoms with Gasteiger partial charge in [-0.3, -0.25) is 0 Å². The van der Waals surface area contributed by atoms with Crippen LogP contribution in [0.4, 0.5) is 5.82 Å². The number of hydrogen-bond donors (Lipinski definition) is 1. The Kier molecular flexibility index (Phi) is 3.18. The first kappa shape index (κ1) is 13.8. The third-order valence-electron chi connectivity index (χ3n) is 4.44. The molecule has 1 N–H and O–H groups in total. The number of nitrogens with zero attached hydrogens (tertiary/aromatic N) is 3. The monoisotopic (exact) mass is 316 g/mol. The zero-order valence-corrected chi connectivity index (χ0v) is 13.4. The predicted molar refractivity (Wildman–Crippen MR) is 87.5 cm³/mol. The Morgan fingerprint density at radius 1 is 1.23 bits per heavy atom. The number of halogens is 1. The zero-order valence-electron chi connectivity index (χ0n) is 12.6. The van der Waals surface area contributed by atoms with Crippen LogP contribution in [0.3, 0.4) is 0 Å². The van der Waals surface area contributed by atoms with Gasteiger partial charge in [0.15, 0.2) is 11.4 Å². The number of fused-ring (bicyclic) bond motifs is 3. The number of pyridine rings is 1. The molecule has 22 heavy (non-hydrogen) atoms. The average Bonchev–Trinajstić information content (AvgIpc) is 3.12. The molecule has 0 saturated heterocycles. The fourth-order valence-corrected chi connectivity index (χ4v) is 3.40. The van der Waals surface area contributed by atoms with Gasteiger partial charge in [0.05, 0.1) is 16.1 Å². The van der Waals surface area contributed by atoms with Crippen LogP contribution in [0.15, 0.2) is 10.7 Å². The van der Waals surface area contributed by atoms with Crippen molar-refractivity contribution in [3.8, 4) is 0 Å². The molecule has 3 heterocycles. The average molecular weight is 317 g/mol. The van der Waals surface area contributed by atoms with Gasteiger partial charge in [-0.1, -0.05) is 24.4 Å². The van der Waals surface area contributed by atoms with Crippen molar-refractivity contribution >= 4 is 39.6 Å². The maximum Gasteiger partial charge on any atom is 0.229 e. The van der Waals surface area contributed by atoms with Crippen LogP contribution in [-0.4, -0.2) is 21.0 Å². The van der Waals surface area contributed by atoms with Crippen LogP contribution in [0.1, 0.15) is 36.9 Å². The number of furan rings is 1. The quantitative estimate of drug-likeness (QED) is 0.759. The molecule has 1 aliphatic carbocycles. The lowest BCUT2D eigenvalue weighted by atomic mass is 10.1. The second-order valence-electron chi connectivity index (χ2n) is 5.94. The highest BCUT2D eigenvalue weighted by Crippen LogP contribution is 2.36. The van der Waals surface area contributed by atoms with Crippen LogP contribution in [-0.2, 0) is 0 Å². The van der Waals surface area contributed by atoms with Crippen molar-refractivity contribution in [1.29, 1.82) is 0 Å². The Balaban J connectivity index is 1.93. The summed E-state index contributed by atoms with van der Waals surface area (Å²) >= 11 is 6.33. The summed E-state index contributed by atoms with van der Waals surface area (Å²) in [5, 5.41) is 5.03. The second kappa shape index (κ2) is 5.09. The Bertz CT molecular complexity index is 868. The summed E-state index contributed by atoms with van der Waals surface area (Å²) in [7, 11) is 0. The summed E-state index contributed by atoms with van der Waals surface area (Å²) in [5.74, 6) is 0.753. The van der Waals surface area contributed by atoms with E-state index in [2.05, 4.69) is 20.3 Å². The molecule has 3 aromatic heterocycles. The molecule has 1 saturated carbocycles. The van der Waals surface area contributed by atoms with E-state index in [1.165, 1.54) is 25.7 Å². The normalized spacial score (nSPS) is 16.0. The number of hydrogen-bond acceptors (Lipinski definition) is 5. The van der Waals surface area contributed by atoms with Gasteiger partial charge < -0.3 is 9.73 Å². The predicted octanol–water partition coefficient (Wildman–Crippen LogP) is 4.40. The van der Waals surface area contributed by atoms with Crippen molar-refractivity contribution in [2.45, 2.75) is 45.6 Å². The number of aryl methyl sites for hydroxylation is 2. The Labute approximate surface area is 133 Å². The van der Waals surface area contributed by atoms with Crippen molar-refractivity contribution in [3.05, 3.63) is 22.6 Å². The maximum atomic E-state index is 6.33. The Morgan fingerprint density at radius 2 is 2.00 bits per heavy atom. The minimum Gasteiger partial charge on any atom is -0.432 e. The Hall–Kier alpha value is -1.88. The van der Waals surface area contributed by atoms with E-state index in [0.717, 1.165) is 28.0 Å². The van der Waals surface area contributed by atoms with E-state index in [1.807, 2.05) is 13.8 Å². The molecule has 1 fully saturated rings. The molecule has 1 aliphatic rings. The SMILES string of the molecule is Cc1nc2oc3c(NC4CCCC4)ncnc3c2c(C)c1Cl. The van der Waals surface area contributed by atoms with Gasteiger partial charge in [0.25, 0.3) is 0 Å². The molecule has 0 aromatic carbocycles. The van der Waals surface area contributed by atoms with Crippen LogP contribution in [0.25, 0.3) is 22.2 Å². The zero-order chi connectivity index (χ0) is 15.3. The first-order valence-electron chi connectivity index (χ1n) is 7.61. The van der Waals surface area contributed by atoms with Crippen LogP contribution >= 0.6 is 11.6 Å². The van der Waals surface area contributed by atoms with E-state index in [-0.39, 0.29) is 0 Å². The number of aromatic nitrogens is 3. The molecule has 5 nitrogen and oxygen atoms in total. The van der Waals surface area contributed by atoms with E-state index in [1.54, 1.807) is 6.33 Å². The lowest BCUT2D eigenvalue weighted by molar-refractivity contribution is 0.647. The van der Waals surface area contributed by atoms with Crippen molar-refractivity contribution in [2.75, 3.05) is 5.32 Å². The maximum absolute atomic E-state index is 6.33. The highest BCUT2D eigenvalue weighted by atomic mass is 35.5. The third-order valence-corrected chi connectivity index (χ3v) is 5.00. The standard InChI is InChI=1S/C16H17ClN4O/c1-8-11-13-14(22-16(11)20-9(2)12(8)17)15(19-7-18-13)21-10-5-3-4-6-10/h7,10H,3-6H2,1-2H3,(H,18,19,21). The van der Waals surface area contributed by atoms with Gasteiger partial charge in [-0.2, -0.15) is 0 Å². The van der Waals surface area contributed by atoms with Gasteiger partial charge in [-0.15, -0.1) is 0 Å². The fourth-order valence-electron chi connectivity index (χ4n) is 3.26. The fraction of sp³-hybridized carbons (Fsp3) is 0.438. The molecule has 0 aliphatic heterocycles. The summed E-state index contributed by atoms with van der Waals surface area (Å²) < 4.78 is 5.95. The third kappa shape index (κ3) is 2.03. The van der Waals surface area contributed by atoms with Gasteiger partial charge in [-0.05, 0) is 32.3 Å². The molecule has 0 spiro atoms. The molecular weight excluding hydrogens is 300 g/mol.